The molecule has 0 fully saturated rings. The molecule has 162 valence electrons. The van der Waals surface area contributed by atoms with Crippen LogP contribution < -0.4 is 4.72 Å². The maximum absolute atomic E-state index is 12.1. The normalized spacial score (nSPS) is 19.7. The molecule has 2 aliphatic rings. The van der Waals surface area contributed by atoms with E-state index in [9.17, 15) is 14.1 Å². The van der Waals surface area contributed by atoms with Crippen LogP contribution in [0.4, 0.5) is 0 Å². The lowest BCUT2D eigenvalue weighted by molar-refractivity contribution is -0.114. The molecule has 0 bridgehead atoms. The molecule has 1 heterocycles. The van der Waals surface area contributed by atoms with Gasteiger partial charge in [-0.05, 0) is 64.3 Å². The number of amides is 1. The zero-order chi connectivity index (χ0) is 22.4. The summed E-state index contributed by atoms with van der Waals surface area (Å²) >= 11 is 0. The van der Waals surface area contributed by atoms with Crippen LogP contribution in [0.3, 0.4) is 0 Å². The number of carbonyl (C=O) groups is 1. The van der Waals surface area contributed by atoms with Crippen molar-refractivity contribution in [1.82, 2.24) is 4.72 Å². The maximum Gasteiger partial charge on any atom is 0.257 e. The van der Waals surface area contributed by atoms with E-state index in [-0.39, 0.29) is 11.7 Å². The highest BCUT2D eigenvalue weighted by atomic mass is 32.2. The number of fused-ring (bicyclic) bond motifs is 1. The Balaban J connectivity index is 1.53. The molecule has 0 saturated heterocycles. The topological polar surface area (TPSA) is 66.4 Å². The molecule has 0 spiro atoms. The smallest absolute Gasteiger partial charge is 0.257 e. The average molecular weight is 444 g/mol. The van der Waals surface area contributed by atoms with Crippen molar-refractivity contribution in [3.8, 4) is 16.9 Å². The number of nitrogens with one attached hydrogen (secondary N) is 1. The molecule has 0 aromatic heterocycles. The third-order valence-corrected chi connectivity index (χ3v) is 7.61. The van der Waals surface area contributed by atoms with Crippen molar-refractivity contribution in [2.24, 2.45) is 0 Å². The van der Waals surface area contributed by atoms with Crippen LogP contribution in [0.15, 0.2) is 66.7 Å². The summed E-state index contributed by atoms with van der Waals surface area (Å²) < 4.78 is 14.4. The first-order chi connectivity index (χ1) is 15.4. The van der Waals surface area contributed by atoms with E-state index in [2.05, 4.69) is 61.0 Å². The third-order valence-electron chi connectivity index (χ3n) is 6.49. The molecule has 0 radical (unpaired) electrons. The molecule has 32 heavy (non-hydrogen) atoms. The standard InChI is InChI=1S/C27H25NO3S/c1-16(2)18-6-3-4-7-20(18)22-9-5-8-21-19(12-13-23(21)22)17-10-11-24(25(29)14-17)26-15-27(30)28-32(26)31/h3-11,14-16,19,29H,12-13H2,1-2H3,(H,28,30)/t19-,32?/m1/s1. The molecular formula is C27H25NO3S. The molecule has 3 aromatic rings. The number of carbonyl (C=O) groups excluding carboxylic acids is 1. The van der Waals surface area contributed by atoms with Crippen molar-refractivity contribution in [2.45, 2.75) is 38.5 Å². The van der Waals surface area contributed by atoms with Crippen LogP contribution in [0.25, 0.3) is 16.0 Å². The summed E-state index contributed by atoms with van der Waals surface area (Å²) in [5.74, 6) is 0.286. The highest BCUT2D eigenvalue weighted by molar-refractivity contribution is 7.94. The van der Waals surface area contributed by atoms with Crippen molar-refractivity contribution < 1.29 is 14.1 Å². The van der Waals surface area contributed by atoms with Gasteiger partial charge in [0.15, 0.2) is 11.0 Å². The fraction of sp³-hybridized carbons (Fsp3) is 0.222. The molecule has 5 rings (SSSR count). The molecule has 3 aromatic carbocycles. The van der Waals surface area contributed by atoms with Crippen LogP contribution in [0.1, 0.15) is 59.9 Å². The van der Waals surface area contributed by atoms with Crippen LogP contribution in [0.2, 0.25) is 0 Å². The van der Waals surface area contributed by atoms with Crippen molar-refractivity contribution in [3.05, 3.63) is 94.6 Å². The summed E-state index contributed by atoms with van der Waals surface area (Å²) in [7, 11) is -1.63. The van der Waals surface area contributed by atoms with E-state index in [1.165, 1.54) is 33.9 Å². The minimum atomic E-state index is -1.63. The fourth-order valence-electron chi connectivity index (χ4n) is 5.00. The van der Waals surface area contributed by atoms with Gasteiger partial charge in [0.25, 0.3) is 5.91 Å². The molecule has 2 N–H and O–H groups in total. The highest BCUT2D eigenvalue weighted by Crippen LogP contribution is 2.45. The number of aromatic hydroxyl groups is 1. The molecule has 1 aliphatic heterocycles. The second kappa shape index (κ2) is 8.06. The van der Waals surface area contributed by atoms with E-state index >= 15 is 0 Å². The summed E-state index contributed by atoms with van der Waals surface area (Å²) in [6, 6.07) is 20.7. The van der Waals surface area contributed by atoms with Crippen LogP contribution in [-0.4, -0.2) is 15.2 Å². The second-order valence-electron chi connectivity index (χ2n) is 8.73. The predicted molar refractivity (Wildman–Crippen MR) is 128 cm³/mol. The van der Waals surface area contributed by atoms with Gasteiger partial charge in [0.05, 0.1) is 4.91 Å². The Bertz CT molecular complexity index is 1290. The van der Waals surface area contributed by atoms with Gasteiger partial charge < -0.3 is 5.11 Å². The molecule has 1 aliphatic carbocycles. The Hall–Kier alpha value is -3.18. The summed E-state index contributed by atoms with van der Waals surface area (Å²) in [6.45, 7) is 4.45. The Morgan fingerprint density at radius 2 is 1.78 bits per heavy atom. The van der Waals surface area contributed by atoms with E-state index in [0.717, 1.165) is 18.4 Å². The van der Waals surface area contributed by atoms with Crippen molar-refractivity contribution in [1.29, 1.82) is 0 Å². The molecule has 5 heteroatoms. The first-order valence-electron chi connectivity index (χ1n) is 10.9. The zero-order valence-corrected chi connectivity index (χ0v) is 18.9. The van der Waals surface area contributed by atoms with Gasteiger partial charge in [-0.2, -0.15) is 0 Å². The number of benzene rings is 3. The quantitative estimate of drug-likeness (QED) is 0.568. The number of hydrogen-bond donors (Lipinski definition) is 2. The molecule has 0 saturated carbocycles. The van der Waals surface area contributed by atoms with Gasteiger partial charge in [0, 0.05) is 17.6 Å². The summed E-state index contributed by atoms with van der Waals surface area (Å²) in [4.78, 5) is 11.8. The van der Waals surface area contributed by atoms with Gasteiger partial charge >= 0.3 is 0 Å². The Morgan fingerprint density at radius 3 is 2.50 bits per heavy atom. The second-order valence-corrected chi connectivity index (χ2v) is 9.91. The maximum atomic E-state index is 12.1. The lowest BCUT2D eigenvalue weighted by Gasteiger charge is -2.18. The predicted octanol–water partition coefficient (Wildman–Crippen LogP) is 5.40. The van der Waals surface area contributed by atoms with E-state index in [0.29, 0.717) is 16.4 Å². The number of phenols is 1. The first kappa shape index (κ1) is 20.7. The van der Waals surface area contributed by atoms with Gasteiger partial charge in [-0.1, -0.05) is 62.4 Å². The number of rotatable bonds is 4. The number of hydrogen-bond acceptors (Lipinski definition) is 3. The molecule has 1 unspecified atom stereocenters. The zero-order valence-electron chi connectivity index (χ0n) is 18.1. The van der Waals surface area contributed by atoms with Crippen LogP contribution in [0, 0.1) is 0 Å². The van der Waals surface area contributed by atoms with Gasteiger partial charge in [-0.25, -0.2) is 4.21 Å². The van der Waals surface area contributed by atoms with Gasteiger partial charge in [0.2, 0.25) is 0 Å². The van der Waals surface area contributed by atoms with E-state index in [1.54, 1.807) is 12.1 Å². The van der Waals surface area contributed by atoms with Gasteiger partial charge in [-0.15, -0.1) is 0 Å². The fourth-order valence-corrected chi connectivity index (χ4v) is 5.94. The lowest BCUT2D eigenvalue weighted by atomic mass is 9.87. The largest absolute Gasteiger partial charge is 0.507 e. The SMILES string of the molecule is CC(C)c1ccccc1-c1cccc2c1CC[C@@H]2c1ccc(C2=CC(=O)NS2=O)c(O)c1. The minimum absolute atomic E-state index is 0.0494. The Morgan fingerprint density at radius 1 is 1.00 bits per heavy atom. The van der Waals surface area contributed by atoms with Crippen molar-refractivity contribution in [3.63, 3.8) is 0 Å². The molecule has 2 atom stereocenters. The van der Waals surface area contributed by atoms with Crippen molar-refractivity contribution in [2.75, 3.05) is 0 Å². The van der Waals surface area contributed by atoms with Crippen LogP contribution in [-0.2, 0) is 22.2 Å². The van der Waals surface area contributed by atoms with Crippen molar-refractivity contribution >= 4 is 21.8 Å². The van der Waals surface area contributed by atoms with E-state index in [4.69, 9.17) is 0 Å². The molecular weight excluding hydrogens is 418 g/mol. The Labute approximate surface area is 190 Å². The monoisotopic (exact) mass is 443 g/mol. The first-order valence-corrected chi connectivity index (χ1v) is 12.1. The number of phenolic OH excluding ortho intramolecular Hbond substituents is 1. The van der Waals surface area contributed by atoms with Gasteiger partial charge in [-0.3, -0.25) is 9.52 Å². The third kappa shape index (κ3) is 3.47. The summed E-state index contributed by atoms with van der Waals surface area (Å²) in [6.07, 6.45) is 3.25. The average Bonchev–Trinajstić information content (AvgIpc) is 3.36. The molecule has 1 amide bonds. The van der Waals surface area contributed by atoms with Gasteiger partial charge in [0.1, 0.15) is 5.75 Å². The van der Waals surface area contributed by atoms with E-state index in [1.807, 2.05) is 6.07 Å². The van der Waals surface area contributed by atoms with E-state index < -0.39 is 16.9 Å². The Kier molecular flexibility index (Phi) is 5.22. The molecule has 4 nitrogen and oxygen atoms in total. The lowest BCUT2D eigenvalue weighted by Crippen LogP contribution is -2.16. The highest BCUT2D eigenvalue weighted by Gasteiger charge is 2.29. The minimum Gasteiger partial charge on any atom is -0.507 e. The summed E-state index contributed by atoms with van der Waals surface area (Å²) in [5.41, 5.74) is 8.09. The van der Waals surface area contributed by atoms with Crippen LogP contribution in [0.5, 0.6) is 5.75 Å². The van der Waals surface area contributed by atoms with Crippen LogP contribution >= 0.6 is 0 Å². The summed E-state index contributed by atoms with van der Waals surface area (Å²) in [5, 5.41) is 10.7.